The Morgan fingerprint density at radius 1 is 1.50 bits per heavy atom. The summed E-state index contributed by atoms with van der Waals surface area (Å²) in [7, 11) is 0. The largest absolute Gasteiger partial charge is 0.475 e. The number of aryl methyl sites for hydroxylation is 1. The van der Waals surface area contributed by atoms with Crippen LogP contribution in [0.15, 0.2) is 10.5 Å². The molecule has 0 aliphatic heterocycles. The molecule has 0 aliphatic carbocycles. The van der Waals surface area contributed by atoms with Gasteiger partial charge in [0.2, 0.25) is 5.76 Å². The van der Waals surface area contributed by atoms with Gasteiger partial charge in [0.1, 0.15) is 5.76 Å². The second-order valence-electron chi connectivity index (χ2n) is 3.90. The van der Waals surface area contributed by atoms with Crippen molar-refractivity contribution in [1.82, 2.24) is 5.32 Å². The van der Waals surface area contributed by atoms with E-state index in [-0.39, 0.29) is 12.4 Å². The molecule has 0 spiro atoms. The number of carboxylic acid groups (broad SMARTS) is 1. The molecule has 6 heteroatoms. The summed E-state index contributed by atoms with van der Waals surface area (Å²) in [5.41, 5.74) is 0.630. The minimum absolute atomic E-state index is 0.00178. The molecule has 6 nitrogen and oxygen atoms in total. The van der Waals surface area contributed by atoms with Crippen LogP contribution in [0, 0.1) is 6.92 Å². The van der Waals surface area contributed by atoms with E-state index >= 15 is 0 Å². The van der Waals surface area contributed by atoms with E-state index in [1.807, 2.05) is 0 Å². The van der Waals surface area contributed by atoms with E-state index in [1.54, 1.807) is 13.0 Å². The van der Waals surface area contributed by atoms with Crippen LogP contribution >= 0.6 is 0 Å². The third kappa shape index (κ3) is 4.87. The zero-order chi connectivity index (χ0) is 13.4. The highest BCUT2D eigenvalue weighted by Crippen LogP contribution is 2.14. The number of aromatic carboxylic acids is 1. The van der Waals surface area contributed by atoms with Crippen molar-refractivity contribution in [2.45, 2.75) is 19.9 Å². The van der Waals surface area contributed by atoms with Crippen molar-refractivity contribution in [2.75, 3.05) is 26.4 Å². The predicted octanol–water partition coefficient (Wildman–Crippen LogP) is 0.775. The van der Waals surface area contributed by atoms with E-state index in [2.05, 4.69) is 5.32 Å². The predicted molar refractivity (Wildman–Crippen MR) is 64.6 cm³/mol. The number of nitrogens with one attached hydrogen (secondary N) is 1. The van der Waals surface area contributed by atoms with Crippen molar-refractivity contribution in [1.29, 1.82) is 0 Å². The summed E-state index contributed by atoms with van der Waals surface area (Å²) in [5, 5.41) is 20.4. The Bertz CT molecular complexity index is 375. The van der Waals surface area contributed by atoms with Crippen molar-refractivity contribution >= 4 is 5.97 Å². The summed E-state index contributed by atoms with van der Waals surface area (Å²) in [5.74, 6) is -0.435. The van der Waals surface area contributed by atoms with Gasteiger partial charge >= 0.3 is 5.97 Å². The zero-order valence-corrected chi connectivity index (χ0v) is 10.4. The monoisotopic (exact) mass is 257 g/mol. The maximum absolute atomic E-state index is 10.8. The van der Waals surface area contributed by atoms with Gasteiger partial charge in [0.05, 0.1) is 19.8 Å². The topological polar surface area (TPSA) is 91.9 Å². The number of rotatable bonds is 9. The molecule has 0 aliphatic rings. The van der Waals surface area contributed by atoms with Gasteiger partial charge in [0, 0.05) is 12.2 Å². The van der Waals surface area contributed by atoms with Crippen molar-refractivity contribution in [2.24, 2.45) is 0 Å². The van der Waals surface area contributed by atoms with E-state index < -0.39 is 5.97 Å². The first-order chi connectivity index (χ1) is 8.65. The lowest BCUT2D eigenvalue weighted by Gasteiger charge is -2.03. The number of aliphatic hydroxyl groups excluding tert-OH is 1. The summed E-state index contributed by atoms with van der Waals surface area (Å²) in [6.07, 6.45) is 0.825. The van der Waals surface area contributed by atoms with Gasteiger partial charge in [-0.3, -0.25) is 0 Å². The van der Waals surface area contributed by atoms with Crippen LogP contribution in [0.1, 0.15) is 28.3 Å². The lowest BCUT2D eigenvalue weighted by atomic mass is 10.2. The van der Waals surface area contributed by atoms with Gasteiger partial charge in [-0.15, -0.1) is 0 Å². The number of carbonyl (C=O) groups is 1. The molecule has 0 radical (unpaired) electrons. The van der Waals surface area contributed by atoms with Gasteiger partial charge in [-0.25, -0.2) is 4.79 Å². The van der Waals surface area contributed by atoms with Gasteiger partial charge in [0.25, 0.3) is 0 Å². The number of hydrogen-bond donors (Lipinski definition) is 3. The second kappa shape index (κ2) is 7.86. The number of furan rings is 1. The quantitative estimate of drug-likeness (QED) is 0.566. The van der Waals surface area contributed by atoms with Crippen LogP contribution in [-0.2, 0) is 11.3 Å². The first-order valence-electron chi connectivity index (χ1n) is 5.87. The Labute approximate surface area is 106 Å². The normalized spacial score (nSPS) is 10.8. The summed E-state index contributed by atoms with van der Waals surface area (Å²) in [6, 6.07) is 1.72. The molecule has 0 saturated carbocycles. The fourth-order valence-corrected chi connectivity index (χ4v) is 1.52. The third-order valence-corrected chi connectivity index (χ3v) is 2.34. The minimum atomic E-state index is -1.05. The molecular formula is C12H19NO5. The Kier molecular flexibility index (Phi) is 6.42. The lowest BCUT2D eigenvalue weighted by molar-refractivity contribution is 0.0659. The van der Waals surface area contributed by atoms with Crippen molar-refractivity contribution in [3.05, 3.63) is 23.2 Å². The van der Waals surface area contributed by atoms with Gasteiger partial charge < -0.3 is 24.7 Å². The Morgan fingerprint density at radius 3 is 2.89 bits per heavy atom. The highest BCUT2D eigenvalue weighted by Gasteiger charge is 2.13. The van der Waals surface area contributed by atoms with Crippen LogP contribution in [0.2, 0.25) is 0 Å². The smallest absolute Gasteiger partial charge is 0.372 e. The van der Waals surface area contributed by atoms with E-state index in [1.165, 1.54) is 0 Å². The zero-order valence-electron chi connectivity index (χ0n) is 10.4. The number of ether oxygens (including phenoxy) is 1. The number of aliphatic hydroxyl groups is 1. The highest BCUT2D eigenvalue weighted by molar-refractivity contribution is 5.86. The third-order valence-electron chi connectivity index (χ3n) is 2.34. The second-order valence-corrected chi connectivity index (χ2v) is 3.90. The molecule has 0 bridgehead atoms. The summed E-state index contributed by atoms with van der Waals surface area (Å²) in [4.78, 5) is 10.8. The molecule has 0 atom stereocenters. The van der Waals surface area contributed by atoms with Gasteiger partial charge in [-0.1, -0.05) is 0 Å². The van der Waals surface area contributed by atoms with Crippen LogP contribution in [0.25, 0.3) is 0 Å². The van der Waals surface area contributed by atoms with E-state index in [0.29, 0.717) is 31.1 Å². The maximum Gasteiger partial charge on any atom is 0.372 e. The minimum Gasteiger partial charge on any atom is -0.475 e. The van der Waals surface area contributed by atoms with Crippen LogP contribution in [0.3, 0.4) is 0 Å². The van der Waals surface area contributed by atoms with Crippen LogP contribution in [0.4, 0.5) is 0 Å². The Morgan fingerprint density at radius 2 is 2.28 bits per heavy atom. The first kappa shape index (κ1) is 14.7. The summed E-state index contributed by atoms with van der Waals surface area (Å²) < 4.78 is 10.3. The Balaban J connectivity index is 2.19. The standard InChI is InChI=1S/C12H19NO5/c1-9-7-10(18-11(9)12(15)16)8-13-3-2-5-17-6-4-14/h7,13-14H,2-6,8H2,1H3,(H,15,16). The number of hydrogen-bond acceptors (Lipinski definition) is 5. The van der Waals surface area contributed by atoms with Gasteiger partial charge in [0.15, 0.2) is 0 Å². The fourth-order valence-electron chi connectivity index (χ4n) is 1.52. The molecule has 1 aromatic heterocycles. The highest BCUT2D eigenvalue weighted by atomic mass is 16.5. The molecular weight excluding hydrogens is 238 g/mol. The van der Waals surface area contributed by atoms with Crippen LogP contribution in [-0.4, -0.2) is 42.5 Å². The molecule has 3 N–H and O–H groups in total. The van der Waals surface area contributed by atoms with E-state index in [4.69, 9.17) is 19.4 Å². The van der Waals surface area contributed by atoms with Crippen LogP contribution < -0.4 is 5.32 Å². The average Bonchev–Trinajstić information content (AvgIpc) is 2.69. The molecule has 0 amide bonds. The van der Waals surface area contributed by atoms with Gasteiger partial charge in [-0.05, 0) is 26.0 Å². The van der Waals surface area contributed by atoms with Crippen molar-refractivity contribution < 1.29 is 24.2 Å². The molecule has 102 valence electrons. The molecule has 0 saturated heterocycles. The van der Waals surface area contributed by atoms with E-state index in [9.17, 15) is 4.79 Å². The molecule has 0 aromatic carbocycles. The maximum atomic E-state index is 10.8. The van der Waals surface area contributed by atoms with Crippen molar-refractivity contribution in [3.8, 4) is 0 Å². The van der Waals surface area contributed by atoms with E-state index in [0.717, 1.165) is 13.0 Å². The Hall–Kier alpha value is -1.37. The molecule has 0 fully saturated rings. The fraction of sp³-hybridized carbons (Fsp3) is 0.583. The average molecular weight is 257 g/mol. The molecule has 1 aromatic rings. The molecule has 18 heavy (non-hydrogen) atoms. The molecule has 0 unspecified atom stereocenters. The first-order valence-corrected chi connectivity index (χ1v) is 5.87. The van der Waals surface area contributed by atoms with Crippen LogP contribution in [0.5, 0.6) is 0 Å². The number of carboxylic acids is 1. The molecule has 1 rings (SSSR count). The summed E-state index contributed by atoms with van der Waals surface area (Å²) in [6.45, 7) is 3.93. The lowest BCUT2D eigenvalue weighted by Crippen LogP contribution is -2.16. The summed E-state index contributed by atoms with van der Waals surface area (Å²) >= 11 is 0. The van der Waals surface area contributed by atoms with Gasteiger partial charge in [-0.2, -0.15) is 0 Å². The SMILES string of the molecule is Cc1cc(CNCCCOCCO)oc1C(=O)O. The van der Waals surface area contributed by atoms with Crippen molar-refractivity contribution in [3.63, 3.8) is 0 Å². The molecule has 1 heterocycles.